The molecule has 0 aliphatic rings. The number of benzene rings is 2. The first-order valence-corrected chi connectivity index (χ1v) is 6.14. The van der Waals surface area contributed by atoms with Crippen LogP contribution in [0.1, 0.15) is 22.3 Å². The summed E-state index contributed by atoms with van der Waals surface area (Å²) >= 11 is 0. The van der Waals surface area contributed by atoms with Crippen molar-refractivity contribution in [3.63, 3.8) is 0 Å². The molecule has 3 nitrogen and oxygen atoms in total. The Labute approximate surface area is 113 Å². The minimum Gasteiger partial charge on any atom is -0.507 e. The molecular weight excluding hydrogens is 236 g/mol. The molecule has 0 saturated heterocycles. The highest BCUT2D eigenvalue weighted by atomic mass is 16.3. The topological polar surface area (TPSA) is 56.0 Å². The smallest absolute Gasteiger partial charge is 0.123 e. The lowest BCUT2D eigenvalue weighted by molar-refractivity contribution is 0.467. The molecule has 2 aromatic carbocycles. The Kier molecular flexibility index (Phi) is 3.72. The summed E-state index contributed by atoms with van der Waals surface area (Å²) in [6.07, 6.45) is 0. The highest BCUT2D eigenvalue weighted by molar-refractivity contribution is 5.59. The van der Waals surface area contributed by atoms with Crippen molar-refractivity contribution in [1.29, 1.82) is 5.26 Å². The molecule has 0 radical (unpaired) electrons. The van der Waals surface area contributed by atoms with E-state index < -0.39 is 0 Å². The maximum atomic E-state index is 9.88. The van der Waals surface area contributed by atoms with Crippen LogP contribution in [0.4, 0.5) is 5.69 Å². The van der Waals surface area contributed by atoms with Gasteiger partial charge in [-0.05, 0) is 43.2 Å². The van der Waals surface area contributed by atoms with Gasteiger partial charge in [0.05, 0.1) is 11.6 Å². The number of phenolic OH excluding ortho intramolecular Hbond substituents is 1. The average Bonchev–Trinajstić information content (AvgIpc) is 2.45. The third kappa shape index (κ3) is 2.86. The molecule has 19 heavy (non-hydrogen) atoms. The number of nitrogens with one attached hydrogen (secondary N) is 1. The van der Waals surface area contributed by atoms with Gasteiger partial charge in [-0.15, -0.1) is 0 Å². The van der Waals surface area contributed by atoms with E-state index in [9.17, 15) is 5.11 Å². The summed E-state index contributed by atoms with van der Waals surface area (Å²) in [6, 6.07) is 13.4. The summed E-state index contributed by atoms with van der Waals surface area (Å²) in [5.74, 6) is 0.338. The van der Waals surface area contributed by atoms with E-state index in [1.54, 1.807) is 12.1 Å². The number of hydrogen-bond acceptors (Lipinski definition) is 3. The zero-order valence-corrected chi connectivity index (χ0v) is 11.1. The molecule has 0 atom stereocenters. The summed E-state index contributed by atoms with van der Waals surface area (Å²) in [5, 5.41) is 21.9. The lowest BCUT2D eigenvalue weighted by Crippen LogP contribution is -2.01. The second kappa shape index (κ2) is 5.45. The Morgan fingerprint density at radius 2 is 1.79 bits per heavy atom. The molecule has 96 valence electrons. The van der Waals surface area contributed by atoms with Gasteiger partial charge in [-0.3, -0.25) is 0 Å². The fourth-order valence-corrected chi connectivity index (χ4v) is 1.92. The van der Waals surface area contributed by atoms with Crippen LogP contribution in [0.2, 0.25) is 0 Å². The second-order valence-corrected chi connectivity index (χ2v) is 4.57. The fraction of sp³-hybridized carbons (Fsp3) is 0.188. The van der Waals surface area contributed by atoms with Crippen LogP contribution in [-0.4, -0.2) is 5.11 Å². The van der Waals surface area contributed by atoms with Gasteiger partial charge >= 0.3 is 0 Å². The van der Waals surface area contributed by atoms with Gasteiger partial charge in [0.2, 0.25) is 0 Å². The molecule has 0 aromatic heterocycles. The number of rotatable bonds is 3. The third-order valence-electron chi connectivity index (χ3n) is 3.20. The largest absolute Gasteiger partial charge is 0.507 e. The van der Waals surface area contributed by atoms with Crippen molar-refractivity contribution in [3.05, 3.63) is 58.7 Å². The van der Waals surface area contributed by atoms with E-state index in [4.69, 9.17) is 5.26 Å². The molecule has 0 saturated carbocycles. The van der Waals surface area contributed by atoms with E-state index in [0.29, 0.717) is 17.9 Å². The third-order valence-corrected chi connectivity index (χ3v) is 3.20. The number of aryl methyl sites for hydroxylation is 1. The predicted molar refractivity (Wildman–Crippen MR) is 76.1 cm³/mol. The predicted octanol–water partition coefficient (Wildman–Crippen LogP) is 3.49. The Bertz CT molecular complexity index is 624. The van der Waals surface area contributed by atoms with E-state index in [1.807, 2.05) is 38.1 Å². The lowest BCUT2D eigenvalue weighted by atomic mass is 10.1. The minimum absolute atomic E-state index is 0.338. The normalized spacial score (nSPS) is 9.95. The van der Waals surface area contributed by atoms with Crippen LogP contribution in [0.15, 0.2) is 36.4 Å². The monoisotopic (exact) mass is 252 g/mol. The molecule has 0 aliphatic heterocycles. The van der Waals surface area contributed by atoms with Crippen LogP contribution < -0.4 is 5.32 Å². The number of hydrogen-bond donors (Lipinski definition) is 2. The van der Waals surface area contributed by atoms with Gasteiger partial charge in [0.15, 0.2) is 0 Å². The first-order chi connectivity index (χ1) is 9.11. The van der Waals surface area contributed by atoms with Crippen LogP contribution in [0.25, 0.3) is 0 Å². The quantitative estimate of drug-likeness (QED) is 0.879. The van der Waals surface area contributed by atoms with Gasteiger partial charge in [-0.1, -0.05) is 18.2 Å². The molecule has 3 heteroatoms. The maximum absolute atomic E-state index is 9.88. The summed E-state index contributed by atoms with van der Waals surface area (Å²) in [5.41, 5.74) is 4.41. The Balaban J connectivity index is 2.10. The molecule has 0 bridgehead atoms. The van der Waals surface area contributed by atoms with Gasteiger partial charge in [-0.25, -0.2) is 0 Å². The van der Waals surface area contributed by atoms with E-state index in [2.05, 4.69) is 11.4 Å². The summed E-state index contributed by atoms with van der Waals surface area (Å²) in [4.78, 5) is 0. The Morgan fingerprint density at radius 1 is 1.11 bits per heavy atom. The van der Waals surface area contributed by atoms with Gasteiger partial charge in [0, 0.05) is 17.8 Å². The van der Waals surface area contributed by atoms with Crippen molar-refractivity contribution in [1.82, 2.24) is 0 Å². The fourth-order valence-electron chi connectivity index (χ4n) is 1.92. The zero-order chi connectivity index (χ0) is 13.8. The Hall–Kier alpha value is -2.47. The molecule has 2 aromatic rings. The van der Waals surface area contributed by atoms with Crippen LogP contribution in [0, 0.1) is 25.2 Å². The van der Waals surface area contributed by atoms with Crippen molar-refractivity contribution in [2.24, 2.45) is 0 Å². The van der Waals surface area contributed by atoms with Crippen molar-refractivity contribution in [3.8, 4) is 11.8 Å². The van der Waals surface area contributed by atoms with Crippen LogP contribution in [0.3, 0.4) is 0 Å². The Morgan fingerprint density at radius 3 is 2.42 bits per heavy atom. The molecule has 0 fully saturated rings. The van der Waals surface area contributed by atoms with E-state index in [1.165, 1.54) is 0 Å². The van der Waals surface area contributed by atoms with Gasteiger partial charge in [0.1, 0.15) is 5.75 Å². The number of anilines is 1. The highest BCUT2D eigenvalue weighted by Gasteiger charge is 2.05. The average molecular weight is 252 g/mol. The minimum atomic E-state index is 0.338. The van der Waals surface area contributed by atoms with Crippen molar-refractivity contribution in [2.45, 2.75) is 20.4 Å². The van der Waals surface area contributed by atoms with Crippen LogP contribution in [-0.2, 0) is 6.54 Å². The first-order valence-electron chi connectivity index (χ1n) is 6.14. The summed E-state index contributed by atoms with van der Waals surface area (Å²) in [7, 11) is 0. The van der Waals surface area contributed by atoms with E-state index in [0.717, 1.165) is 22.4 Å². The molecule has 2 rings (SSSR count). The molecule has 2 N–H and O–H groups in total. The van der Waals surface area contributed by atoms with Crippen molar-refractivity contribution < 1.29 is 5.11 Å². The number of phenols is 1. The zero-order valence-electron chi connectivity index (χ0n) is 11.1. The SMILES string of the molecule is Cc1ccc(NCc2ccc(C#N)cc2)c(C)c1O. The van der Waals surface area contributed by atoms with E-state index >= 15 is 0 Å². The molecule has 0 aliphatic carbocycles. The first kappa shape index (κ1) is 13.0. The number of nitrogens with zero attached hydrogens (tertiary/aromatic N) is 1. The highest BCUT2D eigenvalue weighted by Crippen LogP contribution is 2.28. The standard InChI is InChI=1S/C16H16N2O/c1-11-3-8-15(12(2)16(11)19)18-10-14-6-4-13(9-17)5-7-14/h3-8,18-19H,10H2,1-2H3. The van der Waals surface area contributed by atoms with Crippen LogP contribution >= 0.6 is 0 Å². The number of nitriles is 1. The summed E-state index contributed by atoms with van der Waals surface area (Å²) < 4.78 is 0. The lowest BCUT2D eigenvalue weighted by Gasteiger charge is -2.12. The van der Waals surface area contributed by atoms with E-state index in [-0.39, 0.29) is 0 Å². The van der Waals surface area contributed by atoms with Crippen molar-refractivity contribution >= 4 is 5.69 Å². The molecular formula is C16H16N2O. The summed E-state index contributed by atoms with van der Waals surface area (Å²) in [6.45, 7) is 4.44. The second-order valence-electron chi connectivity index (χ2n) is 4.57. The molecule has 0 spiro atoms. The van der Waals surface area contributed by atoms with Gasteiger partial charge in [0.25, 0.3) is 0 Å². The number of aromatic hydroxyl groups is 1. The van der Waals surface area contributed by atoms with Crippen LogP contribution in [0.5, 0.6) is 5.75 Å². The van der Waals surface area contributed by atoms with Gasteiger partial charge in [-0.2, -0.15) is 5.26 Å². The van der Waals surface area contributed by atoms with Crippen molar-refractivity contribution in [2.75, 3.05) is 5.32 Å². The molecule has 0 unspecified atom stereocenters. The maximum Gasteiger partial charge on any atom is 0.123 e. The van der Waals surface area contributed by atoms with Gasteiger partial charge < -0.3 is 10.4 Å². The molecule has 0 heterocycles. The molecule has 0 amide bonds.